The third-order valence-corrected chi connectivity index (χ3v) is 3.07. The Balaban J connectivity index is 2.00. The largest absolute Gasteiger partial charge is 0.319 e. The molecule has 1 atom stereocenters. The summed E-state index contributed by atoms with van der Waals surface area (Å²) >= 11 is 0. The van der Waals surface area contributed by atoms with E-state index in [2.05, 4.69) is 16.8 Å². The molecule has 1 aromatic heterocycles. The van der Waals surface area contributed by atoms with Crippen LogP contribution in [0.1, 0.15) is 32.1 Å². The molecule has 0 aliphatic carbocycles. The van der Waals surface area contributed by atoms with E-state index >= 15 is 0 Å². The second-order valence-corrected chi connectivity index (χ2v) is 4.51. The first-order chi connectivity index (χ1) is 7.66. The molecular formula is C11H17F2N3. The lowest BCUT2D eigenvalue weighted by Crippen LogP contribution is -2.34. The molecule has 16 heavy (non-hydrogen) atoms. The van der Waals surface area contributed by atoms with E-state index in [4.69, 9.17) is 0 Å². The van der Waals surface area contributed by atoms with Crippen LogP contribution in [-0.4, -0.2) is 27.5 Å². The topological polar surface area (TPSA) is 21.1 Å². The highest BCUT2D eigenvalue weighted by Gasteiger charge is 2.19. The molecule has 0 aromatic carbocycles. The molecule has 0 amide bonds. The van der Waals surface area contributed by atoms with Crippen LogP contribution in [0.25, 0.3) is 0 Å². The number of aromatic nitrogens is 2. The van der Waals surface area contributed by atoms with Crippen molar-refractivity contribution in [2.45, 2.75) is 32.9 Å². The summed E-state index contributed by atoms with van der Waals surface area (Å²) in [6, 6.07) is 0. The average Bonchev–Trinajstić information content (AvgIpc) is 2.66. The number of piperidine rings is 1. The van der Waals surface area contributed by atoms with Crippen molar-refractivity contribution < 1.29 is 8.78 Å². The van der Waals surface area contributed by atoms with Crippen molar-refractivity contribution in [1.82, 2.24) is 14.5 Å². The van der Waals surface area contributed by atoms with Crippen LogP contribution < -0.4 is 0 Å². The third kappa shape index (κ3) is 2.58. The summed E-state index contributed by atoms with van der Waals surface area (Å²) in [5.41, 5.74) is 0. The van der Waals surface area contributed by atoms with E-state index in [0.29, 0.717) is 18.3 Å². The van der Waals surface area contributed by atoms with Gasteiger partial charge in [-0.2, -0.15) is 8.78 Å². The molecule has 0 bridgehead atoms. The Morgan fingerprint density at radius 3 is 3.06 bits per heavy atom. The number of hydrogen-bond acceptors (Lipinski definition) is 2. The first-order valence-electron chi connectivity index (χ1n) is 5.69. The lowest BCUT2D eigenvalue weighted by Gasteiger charge is -2.30. The third-order valence-electron chi connectivity index (χ3n) is 3.07. The molecule has 0 saturated carbocycles. The Kier molecular flexibility index (Phi) is 3.53. The predicted octanol–water partition coefficient (Wildman–Crippen LogP) is 2.51. The van der Waals surface area contributed by atoms with Crippen LogP contribution in [0.3, 0.4) is 0 Å². The fourth-order valence-electron chi connectivity index (χ4n) is 2.27. The van der Waals surface area contributed by atoms with Gasteiger partial charge in [0.1, 0.15) is 5.82 Å². The molecule has 90 valence electrons. The molecule has 5 heteroatoms. The van der Waals surface area contributed by atoms with E-state index < -0.39 is 6.55 Å². The monoisotopic (exact) mass is 229 g/mol. The molecule has 1 fully saturated rings. The van der Waals surface area contributed by atoms with Gasteiger partial charge in [0.05, 0.1) is 6.54 Å². The molecule has 1 saturated heterocycles. The summed E-state index contributed by atoms with van der Waals surface area (Å²) in [5.74, 6) is 1.12. The molecule has 1 aliphatic rings. The van der Waals surface area contributed by atoms with E-state index in [1.807, 2.05) is 0 Å². The Morgan fingerprint density at radius 2 is 2.38 bits per heavy atom. The minimum atomic E-state index is -2.49. The van der Waals surface area contributed by atoms with E-state index in [9.17, 15) is 8.78 Å². The molecule has 3 nitrogen and oxygen atoms in total. The van der Waals surface area contributed by atoms with Crippen LogP contribution in [0, 0.1) is 5.92 Å². The van der Waals surface area contributed by atoms with E-state index in [-0.39, 0.29) is 0 Å². The maximum atomic E-state index is 12.6. The second kappa shape index (κ2) is 4.91. The van der Waals surface area contributed by atoms with Crippen molar-refractivity contribution in [3.8, 4) is 0 Å². The minimum Gasteiger partial charge on any atom is -0.296 e. The highest BCUT2D eigenvalue weighted by Crippen LogP contribution is 2.19. The van der Waals surface area contributed by atoms with Crippen molar-refractivity contribution in [2.24, 2.45) is 5.92 Å². The smallest absolute Gasteiger partial charge is 0.296 e. The van der Waals surface area contributed by atoms with Crippen LogP contribution in [0.15, 0.2) is 12.4 Å². The molecule has 1 aromatic rings. The highest BCUT2D eigenvalue weighted by molar-refractivity contribution is 4.93. The lowest BCUT2D eigenvalue weighted by atomic mass is 10.0. The van der Waals surface area contributed by atoms with Gasteiger partial charge < -0.3 is 0 Å². The minimum absolute atomic E-state index is 0.462. The van der Waals surface area contributed by atoms with Crippen molar-refractivity contribution in [2.75, 3.05) is 13.1 Å². The van der Waals surface area contributed by atoms with Gasteiger partial charge in [0, 0.05) is 18.9 Å². The van der Waals surface area contributed by atoms with Crippen LogP contribution in [0.4, 0.5) is 8.78 Å². The molecule has 2 heterocycles. The normalized spacial score (nSPS) is 22.9. The van der Waals surface area contributed by atoms with E-state index in [1.54, 1.807) is 0 Å². The number of likely N-dealkylation sites (tertiary alicyclic amines) is 1. The summed E-state index contributed by atoms with van der Waals surface area (Å²) in [4.78, 5) is 6.20. The maximum Gasteiger partial charge on any atom is 0.319 e. The van der Waals surface area contributed by atoms with E-state index in [1.165, 1.54) is 18.8 Å². The van der Waals surface area contributed by atoms with Crippen molar-refractivity contribution in [3.63, 3.8) is 0 Å². The van der Waals surface area contributed by atoms with Gasteiger partial charge in [0.15, 0.2) is 0 Å². The molecular weight excluding hydrogens is 212 g/mol. The maximum absolute atomic E-state index is 12.6. The van der Waals surface area contributed by atoms with Gasteiger partial charge in [-0.25, -0.2) is 4.98 Å². The van der Waals surface area contributed by atoms with E-state index in [0.717, 1.165) is 24.1 Å². The summed E-state index contributed by atoms with van der Waals surface area (Å²) in [7, 11) is 0. The summed E-state index contributed by atoms with van der Waals surface area (Å²) < 4.78 is 26.1. The number of hydrogen-bond donors (Lipinski definition) is 0. The summed E-state index contributed by atoms with van der Waals surface area (Å²) in [6.07, 6.45) is 5.17. The number of nitrogens with zero attached hydrogens (tertiary/aromatic N) is 3. The van der Waals surface area contributed by atoms with Crippen molar-refractivity contribution >= 4 is 0 Å². The first-order valence-corrected chi connectivity index (χ1v) is 5.69. The predicted molar refractivity (Wildman–Crippen MR) is 57.2 cm³/mol. The molecule has 2 rings (SSSR count). The van der Waals surface area contributed by atoms with Gasteiger partial charge in [-0.3, -0.25) is 9.47 Å². The second-order valence-electron chi connectivity index (χ2n) is 4.51. The van der Waals surface area contributed by atoms with Gasteiger partial charge in [-0.1, -0.05) is 6.92 Å². The SMILES string of the molecule is CC1CCCN(Cc2nccn2C(F)F)C1. The Bertz CT molecular complexity index is 338. The Morgan fingerprint density at radius 1 is 1.56 bits per heavy atom. The average molecular weight is 229 g/mol. The van der Waals surface area contributed by atoms with Gasteiger partial charge in [0.2, 0.25) is 0 Å². The fraction of sp³-hybridized carbons (Fsp3) is 0.727. The van der Waals surface area contributed by atoms with Crippen molar-refractivity contribution in [1.29, 1.82) is 0 Å². The standard InChI is InChI=1S/C11H17F2N3/c1-9-3-2-5-15(7-9)8-10-14-4-6-16(10)11(12)13/h4,6,9,11H,2-3,5,7-8H2,1H3. The molecule has 0 radical (unpaired) electrons. The first kappa shape index (κ1) is 11.5. The highest BCUT2D eigenvalue weighted by atomic mass is 19.3. The molecule has 1 unspecified atom stereocenters. The Labute approximate surface area is 94.1 Å². The summed E-state index contributed by atoms with van der Waals surface area (Å²) in [6.45, 7) is 2.21. The van der Waals surface area contributed by atoms with Crippen LogP contribution >= 0.6 is 0 Å². The summed E-state index contributed by atoms with van der Waals surface area (Å²) in [5, 5.41) is 0. The van der Waals surface area contributed by atoms with Gasteiger partial charge in [-0.15, -0.1) is 0 Å². The zero-order chi connectivity index (χ0) is 11.5. The molecule has 0 spiro atoms. The number of imidazole rings is 1. The zero-order valence-electron chi connectivity index (χ0n) is 9.44. The van der Waals surface area contributed by atoms with Crippen LogP contribution in [-0.2, 0) is 6.54 Å². The number of alkyl halides is 2. The van der Waals surface area contributed by atoms with Gasteiger partial charge in [0.25, 0.3) is 0 Å². The quantitative estimate of drug-likeness (QED) is 0.794. The Hall–Kier alpha value is -0.970. The molecule has 1 aliphatic heterocycles. The van der Waals surface area contributed by atoms with Crippen LogP contribution in [0.2, 0.25) is 0 Å². The van der Waals surface area contributed by atoms with Gasteiger partial charge in [-0.05, 0) is 25.3 Å². The molecule has 0 N–H and O–H groups in total. The lowest BCUT2D eigenvalue weighted by molar-refractivity contribution is 0.0622. The van der Waals surface area contributed by atoms with Crippen molar-refractivity contribution in [3.05, 3.63) is 18.2 Å². The van der Waals surface area contributed by atoms with Crippen LogP contribution in [0.5, 0.6) is 0 Å². The number of rotatable bonds is 3. The van der Waals surface area contributed by atoms with Gasteiger partial charge >= 0.3 is 6.55 Å². The number of halogens is 2. The fourth-order valence-corrected chi connectivity index (χ4v) is 2.27. The zero-order valence-corrected chi connectivity index (χ0v) is 9.44.